The Morgan fingerprint density at radius 3 is 1.95 bits per heavy atom. The van der Waals surface area contributed by atoms with Crippen molar-refractivity contribution < 1.29 is 9.53 Å². The van der Waals surface area contributed by atoms with E-state index in [1.54, 1.807) is 0 Å². The summed E-state index contributed by atoms with van der Waals surface area (Å²) >= 11 is 0. The highest BCUT2D eigenvalue weighted by Gasteiger charge is 2.34. The largest absolute Gasteiger partial charge is 0.455 e. The zero-order valence-electron chi connectivity index (χ0n) is 14.4. The molecule has 2 nitrogen and oxygen atoms in total. The number of esters is 1. The van der Waals surface area contributed by atoms with Crippen molar-refractivity contribution in [2.45, 2.75) is 72.3 Å². The monoisotopic (exact) mass is 290 g/mol. The maximum Gasteiger partial charge on any atom is 0.338 e. The third kappa shape index (κ3) is 4.09. The van der Waals surface area contributed by atoms with Crippen LogP contribution in [-0.4, -0.2) is 11.6 Å². The van der Waals surface area contributed by atoms with E-state index in [1.165, 1.54) is 5.56 Å². The van der Waals surface area contributed by atoms with Crippen LogP contribution >= 0.6 is 0 Å². The van der Waals surface area contributed by atoms with E-state index in [0.717, 1.165) is 19.3 Å². The molecule has 0 saturated carbocycles. The summed E-state index contributed by atoms with van der Waals surface area (Å²) in [5.41, 5.74) is 1.57. The van der Waals surface area contributed by atoms with Crippen molar-refractivity contribution in [3.63, 3.8) is 0 Å². The average Bonchev–Trinajstić information content (AvgIpc) is 2.51. The molecule has 21 heavy (non-hydrogen) atoms. The van der Waals surface area contributed by atoms with Gasteiger partial charge >= 0.3 is 5.97 Å². The standard InChI is InChI=1S/C19H30O2/c1-7-15(6)16-10-12-17(13-11-16)18(20)21-19(8-2,9-3)14(4)5/h10-15H,7-9H2,1-6H3. The first-order valence-electron chi connectivity index (χ1n) is 8.23. The molecule has 1 atom stereocenters. The highest BCUT2D eigenvalue weighted by atomic mass is 16.6. The van der Waals surface area contributed by atoms with Crippen LogP contribution in [0.4, 0.5) is 0 Å². The number of carbonyl (C=O) groups is 1. The maximum atomic E-state index is 12.4. The van der Waals surface area contributed by atoms with Crippen molar-refractivity contribution >= 4 is 5.97 Å². The average molecular weight is 290 g/mol. The lowest BCUT2D eigenvalue weighted by atomic mass is 9.85. The van der Waals surface area contributed by atoms with E-state index in [4.69, 9.17) is 4.74 Å². The Balaban J connectivity index is 2.88. The van der Waals surface area contributed by atoms with E-state index in [-0.39, 0.29) is 11.6 Å². The number of hydrogen-bond acceptors (Lipinski definition) is 2. The quantitative estimate of drug-likeness (QED) is 0.613. The molecule has 1 unspecified atom stereocenters. The van der Waals surface area contributed by atoms with Crippen LogP contribution in [0.1, 0.15) is 82.6 Å². The van der Waals surface area contributed by atoms with Crippen molar-refractivity contribution in [3.8, 4) is 0 Å². The van der Waals surface area contributed by atoms with Gasteiger partial charge in [0.05, 0.1) is 5.56 Å². The minimum absolute atomic E-state index is 0.205. The highest BCUT2D eigenvalue weighted by Crippen LogP contribution is 2.30. The summed E-state index contributed by atoms with van der Waals surface area (Å²) in [6.45, 7) is 12.8. The second kappa shape index (κ2) is 7.63. The lowest BCUT2D eigenvalue weighted by molar-refractivity contribution is -0.0485. The molecule has 0 saturated heterocycles. The first-order chi connectivity index (χ1) is 9.90. The lowest BCUT2D eigenvalue weighted by Gasteiger charge is -2.35. The van der Waals surface area contributed by atoms with Gasteiger partial charge in [-0.3, -0.25) is 0 Å². The summed E-state index contributed by atoms with van der Waals surface area (Å²) in [4.78, 5) is 12.4. The second-order valence-corrected chi connectivity index (χ2v) is 6.25. The highest BCUT2D eigenvalue weighted by molar-refractivity contribution is 5.89. The third-order valence-corrected chi connectivity index (χ3v) is 4.87. The summed E-state index contributed by atoms with van der Waals surface area (Å²) in [5.74, 6) is 0.634. The molecule has 0 aromatic heterocycles. The van der Waals surface area contributed by atoms with Gasteiger partial charge in [-0.15, -0.1) is 0 Å². The SMILES string of the molecule is CCC(C)c1ccc(C(=O)OC(CC)(CC)C(C)C)cc1. The van der Waals surface area contributed by atoms with Crippen molar-refractivity contribution in [2.75, 3.05) is 0 Å². The van der Waals surface area contributed by atoms with Crippen molar-refractivity contribution in [1.29, 1.82) is 0 Å². The van der Waals surface area contributed by atoms with Gasteiger partial charge in [0.15, 0.2) is 0 Å². The summed E-state index contributed by atoms with van der Waals surface area (Å²) in [7, 11) is 0. The first-order valence-corrected chi connectivity index (χ1v) is 8.23. The lowest BCUT2D eigenvalue weighted by Crippen LogP contribution is -2.39. The Labute approximate surface area is 129 Å². The second-order valence-electron chi connectivity index (χ2n) is 6.25. The molecule has 0 bridgehead atoms. The minimum Gasteiger partial charge on any atom is -0.455 e. The fourth-order valence-electron chi connectivity index (χ4n) is 2.76. The van der Waals surface area contributed by atoms with Crippen molar-refractivity contribution in [3.05, 3.63) is 35.4 Å². The van der Waals surface area contributed by atoms with Gasteiger partial charge in [0.1, 0.15) is 5.60 Å². The number of ether oxygens (including phenoxy) is 1. The number of carbonyl (C=O) groups excluding carboxylic acids is 1. The van der Waals surface area contributed by atoms with Gasteiger partial charge in [-0.1, -0.05) is 53.7 Å². The number of rotatable bonds is 7. The third-order valence-electron chi connectivity index (χ3n) is 4.87. The molecule has 0 radical (unpaired) electrons. The fraction of sp³-hybridized carbons (Fsp3) is 0.632. The van der Waals surface area contributed by atoms with Crippen LogP contribution in [0.2, 0.25) is 0 Å². The molecule has 0 fully saturated rings. The van der Waals surface area contributed by atoms with Crippen LogP contribution < -0.4 is 0 Å². The smallest absolute Gasteiger partial charge is 0.338 e. The molecule has 2 heteroatoms. The predicted molar refractivity (Wildman–Crippen MR) is 88.7 cm³/mol. The van der Waals surface area contributed by atoms with Crippen LogP contribution in [0.5, 0.6) is 0 Å². The van der Waals surface area contributed by atoms with E-state index >= 15 is 0 Å². The summed E-state index contributed by atoms with van der Waals surface area (Å²) in [6, 6.07) is 7.86. The predicted octanol–water partition coefficient (Wildman–Crippen LogP) is 5.57. The fourth-order valence-corrected chi connectivity index (χ4v) is 2.76. The van der Waals surface area contributed by atoms with Gasteiger partial charge in [0, 0.05) is 0 Å². The summed E-state index contributed by atoms with van der Waals surface area (Å²) in [5, 5.41) is 0. The molecular formula is C19H30O2. The van der Waals surface area contributed by atoms with E-state index < -0.39 is 0 Å². The van der Waals surface area contributed by atoms with Gasteiger partial charge < -0.3 is 4.74 Å². The molecule has 1 aromatic carbocycles. The Hall–Kier alpha value is -1.31. The number of benzene rings is 1. The molecule has 1 aromatic rings. The van der Waals surface area contributed by atoms with Crippen LogP contribution in [0.15, 0.2) is 24.3 Å². The summed E-state index contributed by atoms with van der Waals surface area (Å²) < 4.78 is 5.87. The Morgan fingerprint density at radius 1 is 1.05 bits per heavy atom. The van der Waals surface area contributed by atoms with E-state index in [0.29, 0.717) is 17.4 Å². The van der Waals surface area contributed by atoms with Crippen molar-refractivity contribution in [2.24, 2.45) is 5.92 Å². The zero-order valence-corrected chi connectivity index (χ0v) is 14.4. The normalized spacial score (nSPS) is 13.3. The Morgan fingerprint density at radius 2 is 1.57 bits per heavy atom. The van der Waals surface area contributed by atoms with Gasteiger partial charge in [-0.25, -0.2) is 4.79 Å². The van der Waals surface area contributed by atoms with Gasteiger partial charge in [-0.2, -0.15) is 0 Å². The van der Waals surface area contributed by atoms with E-state index in [1.807, 2.05) is 24.3 Å². The molecule has 0 amide bonds. The van der Waals surface area contributed by atoms with Crippen molar-refractivity contribution in [1.82, 2.24) is 0 Å². The molecule has 0 aliphatic carbocycles. The molecule has 0 aliphatic heterocycles. The zero-order chi connectivity index (χ0) is 16.0. The van der Waals surface area contributed by atoms with Crippen LogP contribution in [0.25, 0.3) is 0 Å². The van der Waals surface area contributed by atoms with Gasteiger partial charge in [0.25, 0.3) is 0 Å². The summed E-state index contributed by atoms with van der Waals surface area (Å²) in [6.07, 6.45) is 2.79. The molecule has 0 heterocycles. The number of hydrogen-bond donors (Lipinski definition) is 0. The van der Waals surface area contributed by atoms with Gasteiger partial charge in [-0.05, 0) is 48.8 Å². The van der Waals surface area contributed by atoms with Crippen LogP contribution in [0, 0.1) is 5.92 Å². The Kier molecular flexibility index (Phi) is 6.44. The van der Waals surface area contributed by atoms with Gasteiger partial charge in [0.2, 0.25) is 0 Å². The Bertz CT molecular complexity index is 441. The molecule has 1 rings (SSSR count). The first kappa shape index (κ1) is 17.7. The minimum atomic E-state index is -0.355. The van der Waals surface area contributed by atoms with Crippen LogP contribution in [-0.2, 0) is 4.74 Å². The molecule has 0 aliphatic rings. The molecule has 118 valence electrons. The molecular weight excluding hydrogens is 260 g/mol. The van der Waals surface area contributed by atoms with E-state index in [2.05, 4.69) is 41.5 Å². The van der Waals surface area contributed by atoms with Crippen LogP contribution in [0.3, 0.4) is 0 Å². The molecule has 0 spiro atoms. The topological polar surface area (TPSA) is 26.3 Å². The molecule has 0 N–H and O–H groups in total. The van der Waals surface area contributed by atoms with E-state index in [9.17, 15) is 4.79 Å². The maximum absolute atomic E-state index is 12.4.